The molecule has 6 heteroatoms. The summed E-state index contributed by atoms with van der Waals surface area (Å²) in [4.78, 5) is 3.85. The first-order valence-electron chi connectivity index (χ1n) is 4.73. The van der Waals surface area contributed by atoms with Crippen molar-refractivity contribution in [3.05, 3.63) is 41.4 Å². The van der Waals surface area contributed by atoms with Gasteiger partial charge in [-0.2, -0.15) is 5.10 Å². The minimum Gasteiger partial charge on any atom is -0.394 e. The fourth-order valence-corrected chi connectivity index (χ4v) is 1.58. The highest BCUT2D eigenvalue weighted by Gasteiger charge is 2.09. The highest BCUT2D eigenvalue weighted by atomic mass is 35.5. The van der Waals surface area contributed by atoms with Crippen LogP contribution in [0.2, 0.25) is 5.02 Å². The molecule has 5 nitrogen and oxygen atoms in total. The van der Waals surface area contributed by atoms with Gasteiger partial charge in [-0.15, -0.1) is 0 Å². The molecule has 2 aromatic rings. The van der Waals surface area contributed by atoms with E-state index in [2.05, 4.69) is 10.1 Å². The number of halogens is 1. The molecule has 3 N–H and O–H groups in total. The second kappa shape index (κ2) is 4.61. The topological polar surface area (TPSA) is 77.0 Å². The Morgan fingerprint density at radius 1 is 1.50 bits per heavy atom. The summed E-state index contributed by atoms with van der Waals surface area (Å²) in [6, 6.07) is 4.88. The monoisotopic (exact) mass is 238 g/mol. The number of nitrogens with two attached hydrogens (primary N) is 1. The molecule has 84 valence electrons. The summed E-state index contributed by atoms with van der Waals surface area (Å²) in [6.07, 6.45) is 2.98. The van der Waals surface area contributed by atoms with Crippen molar-refractivity contribution < 1.29 is 5.11 Å². The van der Waals surface area contributed by atoms with Crippen LogP contribution in [0.25, 0.3) is 5.69 Å². The number of hydrogen-bond donors (Lipinski definition) is 2. The normalized spacial score (nSPS) is 12.7. The lowest BCUT2D eigenvalue weighted by Gasteiger charge is -2.11. The molecule has 0 saturated carbocycles. The van der Waals surface area contributed by atoms with E-state index in [1.807, 2.05) is 0 Å². The molecule has 1 aromatic carbocycles. The van der Waals surface area contributed by atoms with E-state index >= 15 is 0 Å². The zero-order chi connectivity index (χ0) is 11.5. The number of rotatable bonds is 3. The van der Waals surface area contributed by atoms with Crippen LogP contribution in [0.5, 0.6) is 0 Å². The smallest absolute Gasteiger partial charge is 0.138 e. The Labute approximate surface area is 97.5 Å². The molecule has 0 saturated heterocycles. The van der Waals surface area contributed by atoms with Crippen molar-refractivity contribution in [1.29, 1.82) is 0 Å². The largest absolute Gasteiger partial charge is 0.394 e. The molecular weight excluding hydrogens is 228 g/mol. The lowest BCUT2D eigenvalue weighted by atomic mass is 10.1. The number of aliphatic hydroxyl groups is 1. The van der Waals surface area contributed by atoms with Crippen LogP contribution in [0.4, 0.5) is 0 Å². The van der Waals surface area contributed by atoms with Gasteiger partial charge in [0, 0.05) is 0 Å². The van der Waals surface area contributed by atoms with Gasteiger partial charge in [-0.1, -0.05) is 17.7 Å². The van der Waals surface area contributed by atoms with E-state index in [9.17, 15) is 0 Å². The summed E-state index contributed by atoms with van der Waals surface area (Å²) in [5.41, 5.74) is 7.23. The van der Waals surface area contributed by atoms with Gasteiger partial charge in [-0.05, 0) is 17.7 Å². The molecular formula is C10H11ClN4O. The summed E-state index contributed by atoms with van der Waals surface area (Å²) < 4.78 is 1.55. The van der Waals surface area contributed by atoms with Gasteiger partial charge in [-0.25, -0.2) is 9.67 Å². The van der Waals surface area contributed by atoms with Gasteiger partial charge in [0.05, 0.1) is 23.4 Å². The molecule has 2 rings (SSSR count). The van der Waals surface area contributed by atoms with Gasteiger partial charge < -0.3 is 10.8 Å². The van der Waals surface area contributed by atoms with E-state index in [-0.39, 0.29) is 6.61 Å². The minimum absolute atomic E-state index is 0.113. The van der Waals surface area contributed by atoms with Gasteiger partial charge in [0.15, 0.2) is 0 Å². The maximum atomic E-state index is 8.99. The lowest BCUT2D eigenvalue weighted by Crippen LogP contribution is -2.14. The Kier molecular flexibility index (Phi) is 3.19. The predicted octanol–water partition coefficient (Wildman–Crippen LogP) is 0.913. The van der Waals surface area contributed by atoms with Crippen LogP contribution in [0.3, 0.4) is 0 Å². The molecule has 0 amide bonds. The van der Waals surface area contributed by atoms with E-state index in [1.54, 1.807) is 29.2 Å². The number of hydrogen-bond acceptors (Lipinski definition) is 4. The Hall–Kier alpha value is -1.43. The van der Waals surface area contributed by atoms with E-state index in [0.717, 1.165) is 5.56 Å². The highest BCUT2D eigenvalue weighted by Crippen LogP contribution is 2.23. The van der Waals surface area contributed by atoms with Crippen LogP contribution in [0.15, 0.2) is 30.9 Å². The van der Waals surface area contributed by atoms with Gasteiger partial charge in [0.2, 0.25) is 0 Å². The number of aliphatic hydroxyl groups excluding tert-OH is 1. The zero-order valence-corrected chi connectivity index (χ0v) is 9.17. The summed E-state index contributed by atoms with van der Waals surface area (Å²) in [5.74, 6) is 0. The number of aromatic nitrogens is 3. The molecule has 1 aromatic heterocycles. The molecule has 0 bridgehead atoms. The minimum atomic E-state index is -0.417. The standard InChI is InChI=1S/C10H11ClN4O/c11-8-2-1-7(9(12)4-16)3-10(8)15-6-13-5-14-15/h1-3,5-6,9,16H,4,12H2/t9-/m1/s1. The second-order valence-electron chi connectivity index (χ2n) is 3.34. The van der Waals surface area contributed by atoms with Crippen molar-refractivity contribution in [3.63, 3.8) is 0 Å². The Bertz CT molecular complexity index is 472. The molecule has 1 heterocycles. The summed E-state index contributed by atoms with van der Waals surface area (Å²) in [5, 5.41) is 13.5. The van der Waals surface area contributed by atoms with Crippen LogP contribution in [-0.4, -0.2) is 26.5 Å². The Balaban J connectivity index is 2.45. The van der Waals surface area contributed by atoms with Crippen molar-refractivity contribution in [2.75, 3.05) is 6.61 Å². The van der Waals surface area contributed by atoms with Crippen LogP contribution in [0.1, 0.15) is 11.6 Å². The first-order chi connectivity index (χ1) is 7.72. The molecule has 0 radical (unpaired) electrons. The van der Waals surface area contributed by atoms with Crippen molar-refractivity contribution in [2.24, 2.45) is 5.73 Å². The predicted molar refractivity (Wildman–Crippen MR) is 60.4 cm³/mol. The van der Waals surface area contributed by atoms with Gasteiger partial charge >= 0.3 is 0 Å². The molecule has 16 heavy (non-hydrogen) atoms. The third-order valence-electron chi connectivity index (χ3n) is 2.26. The first-order valence-corrected chi connectivity index (χ1v) is 5.11. The fraction of sp³-hybridized carbons (Fsp3) is 0.200. The second-order valence-corrected chi connectivity index (χ2v) is 3.75. The average Bonchev–Trinajstić information content (AvgIpc) is 2.82. The van der Waals surface area contributed by atoms with Crippen molar-refractivity contribution in [1.82, 2.24) is 14.8 Å². The summed E-state index contributed by atoms with van der Waals surface area (Å²) in [7, 11) is 0. The quantitative estimate of drug-likeness (QED) is 0.834. The Morgan fingerprint density at radius 2 is 2.31 bits per heavy atom. The van der Waals surface area contributed by atoms with Gasteiger partial charge in [-0.3, -0.25) is 0 Å². The molecule has 0 unspecified atom stereocenters. The van der Waals surface area contributed by atoms with E-state index < -0.39 is 6.04 Å². The Morgan fingerprint density at radius 3 is 2.94 bits per heavy atom. The van der Waals surface area contributed by atoms with Crippen LogP contribution < -0.4 is 5.73 Å². The molecule has 0 fully saturated rings. The van der Waals surface area contributed by atoms with Crippen LogP contribution >= 0.6 is 11.6 Å². The SMILES string of the molecule is N[C@H](CO)c1ccc(Cl)c(-n2cncn2)c1. The van der Waals surface area contributed by atoms with Gasteiger partial charge in [0.25, 0.3) is 0 Å². The molecule has 0 aliphatic carbocycles. The van der Waals surface area contributed by atoms with Gasteiger partial charge in [0.1, 0.15) is 12.7 Å². The average molecular weight is 239 g/mol. The van der Waals surface area contributed by atoms with Crippen molar-refractivity contribution in [3.8, 4) is 5.69 Å². The van der Waals surface area contributed by atoms with E-state index in [0.29, 0.717) is 10.7 Å². The van der Waals surface area contributed by atoms with E-state index in [4.69, 9.17) is 22.4 Å². The zero-order valence-electron chi connectivity index (χ0n) is 8.42. The van der Waals surface area contributed by atoms with E-state index in [1.165, 1.54) is 6.33 Å². The lowest BCUT2D eigenvalue weighted by molar-refractivity contribution is 0.268. The summed E-state index contributed by atoms with van der Waals surface area (Å²) >= 11 is 6.04. The third kappa shape index (κ3) is 2.06. The molecule has 0 spiro atoms. The van der Waals surface area contributed by atoms with Crippen molar-refractivity contribution >= 4 is 11.6 Å². The maximum Gasteiger partial charge on any atom is 0.138 e. The molecule has 0 aliphatic rings. The summed E-state index contributed by atoms with van der Waals surface area (Å²) in [6.45, 7) is -0.113. The number of benzene rings is 1. The fourth-order valence-electron chi connectivity index (χ4n) is 1.37. The third-order valence-corrected chi connectivity index (χ3v) is 2.58. The van der Waals surface area contributed by atoms with Crippen molar-refractivity contribution in [2.45, 2.75) is 6.04 Å². The molecule has 0 aliphatic heterocycles. The molecule has 1 atom stereocenters. The first kappa shape index (κ1) is 11.1. The van der Waals surface area contributed by atoms with Crippen LogP contribution in [-0.2, 0) is 0 Å². The van der Waals surface area contributed by atoms with Crippen LogP contribution in [0, 0.1) is 0 Å². The number of nitrogens with zero attached hydrogens (tertiary/aromatic N) is 3. The maximum absolute atomic E-state index is 8.99. The highest BCUT2D eigenvalue weighted by molar-refractivity contribution is 6.32.